The van der Waals surface area contributed by atoms with Crippen molar-refractivity contribution in [2.45, 2.75) is 31.6 Å². The molecule has 1 aliphatic heterocycles. The Bertz CT molecular complexity index is 434. The Labute approximate surface area is 108 Å². The van der Waals surface area contributed by atoms with E-state index >= 15 is 0 Å². The predicted octanol–water partition coefficient (Wildman–Crippen LogP) is 2.33. The Morgan fingerprint density at radius 1 is 1.39 bits per heavy atom. The van der Waals surface area contributed by atoms with E-state index < -0.39 is 0 Å². The maximum atomic E-state index is 11.6. The number of rotatable bonds is 3. The third-order valence-corrected chi connectivity index (χ3v) is 3.99. The summed E-state index contributed by atoms with van der Waals surface area (Å²) >= 11 is 0. The molecule has 1 aliphatic rings. The maximum absolute atomic E-state index is 11.6. The summed E-state index contributed by atoms with van der Waals surface area (Å²) in [4.78, 5) is 13.9. The molecular weight excluding hydrogens is 226 g/mol. The number of phenols is 1. The lowest BCUT2D eigenvalue weighted by Gasteiger charge is -2.40. The number of carbonyl (C=O) groups is 1. The van der Waals surface area contributed by atoms with Crippen LogP contribution in [0.5, 0.6) is 5.75 Å². The van der Waals surface area contributed by atoms with E-state index in [2.05, 4.69) is 11.9 Å². The number of Topliss-reactive ketones (excluding diaryl/α,β-unsaturated/α-hetero) is 1. The fraction of sp³-hybridized carbons (Fsp3) is 0.533. The van der Waals surface area contributed by atoms with Crippen LogP contribution in [0.2, 0.25) is 0 Å². The van der Waals surface area contributed by atoms with Gasteiger partial charge in [-0.2, -0.15) is 0 Å². The Balaban J connectivity index is 2.33. The lowest BCUT2D eigenvalue weighted by molar-refractivity contribution is -0.118. The monoisotopic (exact) mass is 247 g/mol. The second-order valence-electron chi connectivity index (χ2n) is 5.51. The first-order valence-electron chi connectivity index (χ1n) is 6.49. The van der Waals surface area contributed by atoms with Gasteiger partial charge in [-0.1, -0.05) is 12.1 Å². The molecule has 3 heteroatoms. The second-order valence-corrected chi connectivity index (χ2v) is 5.51. The van der Waals surface area contributed by atoms with E-state index in [4.69, 9.17) is 0 Å². The van der Waals surface area contributed by atoms with E-state index in [1.165, 1.54) is 0 Å². The van der Waals surface area contributed by atoms with Crippen LogP contribution in [-0.2, 0) is 10.2 Å². The van der Waals surface area contributed by atoms with Crippen molar-refractivity contribution in [3.05, 3.63) is 29.8 Å². The van der Waals surface area contributed by atoms with Crippen LogP contribution in [0.25, 0.3) is 0 Å². The molecule has 98 valence electrons. The van der Waals surface area contributed by atoms with Gasteiger partial charge in [-0.25, -0.2) is 0 Å². The molecule has 0 unspecified atom stereocenters. The summed E-state index contributed by atoms with van der Waals surface area (Å²) in [5.74, 6) is 0.511. The summed E-state index contributed by atoms with van der Waals surface area (Å²) in [7, 11) is 2.11. The zero-order valence-electron chi connectivity index (χ0n) is 11.1. The molecule has 0 aromatic heterocycles. The molecule has 1 aromatic rings. The van der Waals surface area contributed by atoms with Crippen molar-refractivity contribution in [1.29, 1.82) is 0 Å². The molecule has 1 fully saturated rings. The number of aromatic hydroxyl groups is 1. The van der Waals surface area contributed by atoms with Gasteiger partial charge in [0, 0.05) is 11.8 Å². The van der Waals surface area contributed by atoms with Crippen molar-refractivity contribution >= 4 is 5.78 Å². The van der Waals surface area contributed by atoms with E-state index in [-0.39, 0.29) is 16.9 Å². The summed E-state index contributed by atoms with van der Waals surface area (Å²) in [6, 6.07) is 7.40. The van der Waals surface area contributed by atoms with Crippen molar-refractivity contribution < 1.29 is 9.90 Å². The number of carbonyl (C=O) groups excluding carboxylic acids is 1. The summed E-state index contributed by atoms with van der Waals surface area (Å²) in [5.41, 5.74) is 1.02. The van der Waals surface area contributed by atoms with Gasteiger partial charge in [0.25, 0.3) is 0 Å². The third kappa shape index (κ3) is 2.72. The molecule has 0 radical (unpaired) electrons. The summed E-state index contributed by atoms with van der Waals surface area (Å²) in [6.07, 6.45) is 2.53. The van der Waals surface area contributed by atoms with Crippen molar-refractivity contribution in [2.75, 3.05) is 20.1 Å². The van der Waals surface area contributed by atoms with Gasteiger partial charge in [-0.3, -0.25) is 4.79 Å². The number of nitrogens with zero attached hydrogens (tertiary/aromatic N) is 1. The topological polar surface area (TPSA) is 40.5 Å². The van der Waals surface area contributed by atoms with Crippen LogP contribution >= 0.6 is 0 Å². The molecule has 0 amide bonds. The first-order valence-corrected chi connectivity index (χ1v) is 6.49. The lowest BCUT2D eigenvalue weighted by atomic mass is 9.69. The summed E-state index contributed by atoms with van der Waals surface area (Å²) in [6.45, 7) is 3.66. The van der Waals surface area contributed by atoms with Crippen molar-refractivity contribution in [3.8, 4) is 5.75 Å². The summed E-state index contributed by atoms with van der Waals surface area (Å²) < 4.78 is 0. The maximum Gasteiger partial charge on any atom is 0.130 e. The zero-order chi connectivity index (χ0) is 13.2. The average molecular weight is 247 g/mol. The van der Waals surface area contributed by atoms with Gasteiger partial charge in [0.15, 0.2) is 0 Å². The molecule has 2 rings (SSSR count). The van der Waals surface area contributed by atoms with Crippen molar-refractivity contribution in [1.82, 2.24) is 4.90 Å². The molecule has 1 heterocycles. The Morgan fingerprint density at radius 2 is 2.06 bits per heavy atom. The average Bonchev–Trinajstić information content (AvgIpc) is 2.32. The molecule has 1 aromatic carbocycles. The fourth-order valence-electron chi connectivity index (χ4n) is 2.93. The molecule has 18 heavy (non-hydrogen) atoms. The van der Waals surface area contributed by atoms with Gasteiger partial charge in [0.05, 0.1) is 0 Å². The highest BCUT2D eigenvalue weighted by atomic mass is 16.3. The number of benzene rings is 1. The molecule has 3 nitrogen and oxygen atoms in total. The second kappa shape index (κ2) is 5.11. The predicted molar refractivity (Wildman–Crippen MR) is 71.8 cm³/mol. The highest BCUT2D eigenvalue weighted by Gasteiger charge is 2.36. The van der Waals surface area contributed by atoms with Gasteiger partial charge < -0.3 is 10.0 Å². The standard InChI is InChI=1S/C15H21NO2/c1-12(17)11-15(6-8-16(2)9-7-15)13-4-3-5-14(18)10-13/h3-5,10,18H,6-9,11H2,1-2H3. The number of phenolic OH excluding ortho intramolecular Hbond substituents is 1. The molecule has 0 aliphatic carbocycles. The van der Waals surface area contributed by atoms with Crippen LogP contribution < -0.4 is 0 Å². The molecular formula is C15H21NO2. The van der Waals surface area contributed by atoms with Gasteiger partial charge in [-0.15, -0.1) is 0 Å². The van der Waals surface area contributed by atoms with Crippen LogP contribution in [0.1, 0.15) is 31.7 Å². The van der Waals surface area contributed by atoms with E-state index in [1.54, 1.807) is 13.0 Å². The van der Waals surface area contributed by atoms with Crippen LogP contribution in [0.3, 0.4) is 0 Å². The number of hydrogen-bond donors (Lipinski definition) is 1. The Hall–Kier alpha value is -1.35. The van der Waals surface area contributed by atoms with Crippen molar-refractivity contribution in [2.24, 2.45) is 0 Å². The normalized spacial score (nSPS) is 19.7. The first kappa shape index (κ1) is 13.1. The van der Waals surface area contributed by atoms with Gasteiger partial charge in [0.1, 0.15) is 11.5 Å². The zero-order valence-corrected chi connectivity index (χ0v) is 11.1. The van der Waals surface area contributed by atoms with Crippen LogP contribution in [0.4, 0.5) is 0 Å². The number of ketones is 1. The minimum Gasteiger partial charge on any atom is -0.508 e. The summed E-state index contributed by atoms with van der Waals surface area (Å²) in [5, 5.41) is 9.65. The molecule has 0 saturated carbocycles. The SMILES string of the molecule is CC(=O)CC1(c2cccc(O)c2)CCN(C)CC1. The van der Waals surface area contributed by atoms with E-state index in [1.807, 2.05) is 18.2 Å². The van der Waals surface area contributed by atoms with Crippen molar-refractivity contribution in [3.63, 3.8) is 0 Å². The fourth-order valence-corrected chi connectivity index (χ4v) is 2.93. The number of likely N-dealkylation sites (tertiary alicyclic amines) is 1. The van der Waals surface area contributed by atoms with Gasteiger partial charge in [0.2, 0.25) is 0 Å². The van der Waals surface area contributed by atoms with Gasteiger partial charge in [-0.05, 0) is 57.6 Å². The largest absolute Gasteiger partial charge is 0.508 e. The number of piperidine rings is 1. The van der Waals surface area contributed by atoms with E-state index in [0.717, 1.165) is 31.5 Å². The Kier molecular flexibility index (Phi) is 3.71. The van der Waals surface area contributed by atoms with Crippen LogP contribution in [-0.4, -0.2) is 35.9 Å². The minimum absolute atomic E-state index is 0.0862. The molecule has 0 spiro atoms. The quantitative estimate of drug-likeness (QED) is 0.891. The van der Waals surface area contributed by atoms with Crippen LogP contribution in [0.15, 0.2) is 24.3 Å². The first-order chi connectivity index (χ1) is 8.52. The molecule has 1 N–H and O–H groups in total. The minimum atomic E-state index is -0.0862. The molecule has 0 bridgehead atoms. The van der Waals surface area contributed by atoms with Crippen LogP contribution in [0, 0.1) is 0 Å². The third-order valence-electron chi connectivity index (χ3n) is 3.99. The molecule has 0 atom stereocenters. The number of hydrogen-bond acceptors (Lipinski definition) is 3. The molecule has 1 saturated heterocycles. The lowest BCUT2D eigenvalue weighted by Crippen LogP contribution is -2.41. The van der Waals surface area contributed by atoms with E-state index in [0.29, 0.717) is 6.42 Å². The van der Waals surface area contributed by atoms with Gasteiger partial charge >= 0.3 is 0 Å². The highest BCUT2D eigenvalue weighted by Crippen LogP contribution is 2.39. The highest BCUT2D eigenvalue weighted by molar-refractivity contribution is 5.77. The smallest absolute Gasteiger partial charge is 0.130 e. The van der Waals surface area contributed by atoms with E-state index in [9.17, 15) is 9.90 Å². The Morgan fingerprint density at radius 3 is 2.61 bits per heavy atom.